The maximum atomic E-state index is 4.28. The van der Waals surface area contributed by atoms with Crippen molar-refractivity contribution in [1.29, 1.82) is 0 Å². The highest BCUT2D eigenvalue weighted by Gasteiger charge is 2.12. The number of aromatic amines is 1. The van der Waals surface area contributed by atoms with E-state index in [9.17, 15) is 0 Å². The van der Waals surface area contributed by atoms with Gasteiger partial charge in [-0.15, -0.1) is 0 Å². The zero-order valence-electron chi connectivity index (χ0n) is 14.7. The van der Waals surface area contributed by atoms with Crippen molar-refractivity contribution < 1.29 is 0 Å². The molecule has 25 heavy (non-hydrogen) atoms. The Kier molecular flexibility index (Phi) is 4.24. The first kappa shape index (κ1) is 15.8. The normalized spacial score (nSPS) is 12.0. The van der Waals surface area contributed by atoms with E-state index in [4.69, 9.17) is 0 Å². The predicted molar refractivity (Wildman–Crippen MR) is 101 cm³/mol. The number of para-hydroxylation sites is 1. The van der Waals surface area contributed by atoms with Gasteiger partial charge in [0.05, 0.1) is 0 Å². The fraction of sp³-hybridized carbons (Fsp3) is 0.300. The number of pyridine rings is 1. The van der Waals surface area contributed by atoms with E-state index in [1.54, 1.807) is 10.8 Å². The summed E-state index contributed by atoms with van der Waals surface area (Å²) in [5, 5.41) is 5.49. The monoisotopic (exact) mass is 333 g/mol. The Hall–Kier alpha value is -2.66. The third-order valence-corrected chi connectivity index (χ3v) is 4.80. The number of rotatable bonds is 6. The second-order valence-electron chi connectivity index (χ2n) is 6.77. The van der Waals surface area contributed by atoms with E-state index in [1.165, 1.54) is 22.0 Å². The van der Waals surface area contributed by atoms with Gasteiger partial charge in [0, 0.05) is 42.4 Å². The molecule has 0 atom stereocenters. The van der Waals surface area contributed by atoms with Crippen LogP contribution in [0.3, 0.4) is 0 Å². The molecule has 5 heteroatoms. The van der Waals surface area contributed by atoms with Gasteiger partial charge in [-0.2, -0.15) is 5.10 Å². The molecular weight excluding hydrogens is 310 g/mol. The average Bonchev–Trinajstić information content (AvgIpc) is 3.24. The van der Waals surface area contributed by atoms with E-state index in [2.05, 4.69) is 76.4 Å². The lowest BCUT2D eigenvalue weighted by Crippen LogP contribution is -2.32. The summed E-state index contributed by atoms with van der Waals surface area (Å²) in [4.78, 5) is 10.2. The number of fused-ring (bicyclic) bond motifs is 2. The summed E-state index contributed by atoms with van der Waals surface area (Å²) in [6, 6.07) is 13.2. The Morgan fingerprint density at radius 1 is 1.20 bits per heavy atom. The molecule has 128 valence electrons. The highest BCUT2D eigenvalue weighted by Crippen LogP contribution is 2.19. The molecule has 0 radical (unpaired) electrons. The summed E-state index contributed by atoms with van der Waals surface area (Å²) in [5.41, 5.74) is 4.77. The maximum absolute atomic E-state index is 4.28. The summed E-state index contributed by atoms with van der Waals surface area (Å²) in [6.07, 6.45) is 6.76. The molecule has 0 fully saturated rings. The molecular formula is C20H23N5. The van der Waals surface area contributed by atoms with Crippen LogP contribution in [-0.2, 0) is 13.0 Å². The summed E-state index contributed by atoms with van der Waals surface area (Å²) in [5.74, 6) is 0. The van der Waals surface area contributed by atoms with Crippen LogP contribution in [0.25, 0.3) is 16.6 Å². The van der Waals surface area contributed by atoms with E-state index in [0.717, 1.165) is 25.2 Å². The SMILES string of the molecule is CC(C)N(CCc1c[nH]c2ccccc12)Cc1ccn2ncnc2c1. The molecule has 0 aliphatic heterocycles. The zero-order chi connectivity index (χ0) is 17.2. The van der Waals surface area contributed by atoms with Gasteiger partial charge in [0.1, 0.15) is 6.33 Å². The minimum Gasteiger partial charge on any atom is -0.361 e. The van der Waals surface area contributed by atoms with Crippen LogP contribution in [0.5, 0.6) is 0 Å². The number of H-pyrrole nitrogens is 1. The summed E-state index contributed by atoms with van der Waals surface area (Å²) >= 11 is 0. The lowest BCUT2D eigenvalue weighted by Gasteiger charge is -2.26. The Morgan fingerprint density at radius 2 is 2.08 bits per heavy atom. The molecule has 4 rings (SSSR count). The van der Waals surface area contributed by atoms with Crippen molar-refractivity contribution in [2.75, 3.05) is 6.54 Å². The minimum atomic E-state index is 0.485. The van der Waals surface area contributed by atoms with E-state index < -0.39 is 0 Å². The van der Waals surface area contributed by atoms with Crippen LogP contribution in [0.4, 0.5) is 0 Å². The number of nitrogens with zero attached hydrogens (tertiary/aromatic N) is 4. The average molecular weight is 333 g/mol. The van der Waals surface area contributed by atoms with Crippen molar-refractivity contribution in [3.8, 4) is 0 Å². The summed E-state index contributed by atoms with van der Waals surface area (Å²) in [6.45, 7) is 6.45. The Labute approximate surface area is 147 Å². The molecule has 0 amide bonds. The first-order valence-electron chi connectivity index (χ1n) is 8.78. The minimum absolute atomic E-state index is 0.485. The second kappa shape index (κ2) is 6.69. The molecule has 1 N–H and O–H groups in total. The third kappa shape index (κ3) is 3.28. The Morgan fingerprint density at radius 3 is 2.96 bits per heavy atom. The zero-order valence-corrected chi connectivity index (χ0v) is 14.7. The van der Waals surface area contributed by atoms with Crippen LogP contribution in [0.2, 0.25) is 0 Å². The van der Waals surface area contributed by atoms with Gasteiger partial charge < -0.3 is 4.98 Å². The highest BCUT2D eigenvalue weighted by atomic mass is 15.3. The van der Waals surface area contributed by atoms with Crippen LogP contribution in [0, 0.1) is 0 Å². The van der Waals surface area contributed by atoms with Crippen LogP contribution >= 0.6 is 0 Å². The van der Waals surface area contributed by atoms with Crippen molar-refractivity contribution in [3.05, 3.63) is 66.2 Å². The second-order valence-corrected chi connectivity index (χ2v) is 6.77. The van der Waals surface area contributed by atoms with Gasteiger partial charge in [0.15, 0.2) is 5.65 Å². The number of aromatic nitrogens is 4. The number of hydrogen-bond donors (Lipinski definition) is 1. The highest BCUT2D eigenvalue weighted by molar-refractivity contribution is 5.83. The van der Waals surface area contributed by atoms with Crippen molar-refractivity contribution >= 4 is 16.6 Å². The van der Waals surface area contributed by atoms with Crippen LogP contribution in [0.1, 0.15) is 25.0 Å². The van der Waals surface area contributed by atoms with Gasteiger partial charge >= 0.3 is 0 Å². The third-order valence-electron chi connectivity index (χ3n) is 4.80. The standard InChI is InChI=1S/C20H23N5/c1-15(2)24(13-16-7-10-25-20(11-16)22-14-23-25)9-8-17-12-21-19-6-4-3-5-18(17)19/h3-7,10-12,14-15,21H,8-9,13H2,1-2H3. The molecule has 0 unspecified atom stereocenters. The van der Waals surface area contributed by atoms with E-state index >= 15 is 0 Å². The van der Waals surface area contributed by atoms with E-state index in [0.29, 0.717) is 6.04 Å². The smallest absolute Gasteiger partial charge is 0.155 e. The van der Waals surface area contributed by atoms with Crippen molar-refractivity contribution in [2.24, 2.45) is 0 Å². The maximum Gasteiger partial charge on any atom is 0.155 e. The Balaban J connectivity index is 1.49. The van der Waals surface area contributed by atoms with Crippen molar-refractivity contribution in [1.82, 2.24) is 24.5 Å². The largest absolute Gasteiger partial charge is 0.361 e. The molecule has 3 aromatic heterocycles. The van der Waals surface area contributed by atoms with Gasteiger partial charge in [-0.1, -0.05) is 18.2 Å². The summed E-state index contributed by atoms with van der Waals surface area (Å²) in [7, 11) is 0. The first-order valence-corrected chi connectivity index (χ1v) is 8.78. The topological polar surface area (TPSA) is 49.2 Å². The van der Waals surface area contributed by atoms with Gasteiger partial charge in [0.2, 0.25) is 0 Å². The predicted octanol–water partition coefficient (Wildman–Crippen LogP) is 3.66. The number of benzene rings is 1. The molecule has 4 aromatic rings. The van der Waals surface area contributed by atoms with E-state index in [1.807, 2.05) is 6.20 Å². The first-order chi connectivity index (χ1) is 12.2. The lowest BCUT2D eigenvalue weighted by molar-refractivity contribution is 0.215. The molecule has 0 aliphatic carbocycles. The molecule has 0 aliphatic rings. The Bertz CT molecular complexity index is 982. The van der Waals surface area contributed by atoms with E-state index in [-0.39, 0.29) is 0 Å². The van der Waals surface area contributed by atoms with Gasteiger partial charge in [-0.05, 0) is 49.6 Å². The fourth-order valence-electron chi connectivity index (χ4n) is 3.31. The number of hydrogen-bond acceptors (Lipinski definition) is 3. The number of nitrogens with one attached hydrogen (secondary N) is 1. The molecule has 0 spiro atoms. The molecule has 0 saturated carbocycles. The van der Waals surface area contributed by atoms with Crippen LogP contribution in [-0.4, -0.2) is 37.1 Å². The molecule has 0 saturated heterocycles. The molecule has 1 aromatic carbocycles. The van der Waals surface area contributed by atoms with Crippen molar-refractivity contribution in [2.45, 2.75) is 32.9 Å². The van der Waals surface area contributed by atoms with Crippen molar-refractivity contribution in [3.63, 3.8) is 0 Å². The van der Waals surface area contributed by atoms with Crippen LogP contribution < -0.4 is 0 Å². The molecule has 0 bridgehead atoms. The van der Waals surface area contributed by atoms with Crippen LogP contribution in [0.15, 0.2) is 55.1 Å². The lowest BCUT2D eigenvalue weighted by atomic mass is 10.1. The van der Waals surface area contributed by atoms with Gasteiger partial charge in [-0.3, -0.25) is 4.90 Å². The van der Waals surface area contributed by atoms with Gasteiger partial charge in [0.25, 0.3) is 0 Å². The van der Waals surface area contributed by atoms with Gasteiger partial charge in [-0.25, -0.2) is 9.50 Å². The molecule has 3 heterocycles. The quantitative estimate of drug-likeness (QED) is 0.586. The summed E-state index contributed by atoms with van der Waals surface area (Å²) < 4.78 is 1.80. The fourth-order valence-corrected chi connectivity index (χ4v) is 3.31. The molecule has 5 nitrogen and oxygen atoms in total.